The van der Waals surface area contributed by atoms with Crippen molar-refractivity contribution in [1.82, 2.24) is 4.98 Å². The van der Waals surface area contributed by atoms with Gasteiger partial charge in [0.05, 0.1) is 5.69 Å². The van der Waals surface area contributed by atoms with Gasteiger partial charge in [-0.2, -0.15) is 5.26 Å². The second-order valence-corrected chi connectivity index (χ2v) is 4.62. The Hall–Kier alpha value is -1.56. The molecule has 1 N–H and O–H groups in total. The van der Waals surface area contributed by atoms with Gasteiger partial charge in [-0.1, -0.05) is 13.8 Å². The van der Waals surface area contributed by atoms with E-state index in [1.807, 2.05) is 13.8 Å². The molecule has 1 aliphatic carbocycles. The van der Waals surface area contributed by atoms with Crippen LogP contribution in [0.4, 0.5) is 0 Å². The SMILES string of the molecule is CC(C)c1nc2c(c(C#N)c1O)CCCC2. The Morgan fingerprint density at radius 1 is 1.31 bits per heavy atom. The Morgan fingerprint density at radius 2 is 2.00 bits per heavy atom. The highest BCUT2D eigenvalue weighted by atomic mass is 16.3. The van der Waals surface area contributed by atoms with Crippen LogP contribution < -0.4 is 0 Å². The van der Waals surface area contributed by atoms with E-state index in [0.29, 0.717) is 11.3 Å². The first-order valence-corrected chi connectivity index (χ1v) is 5.79. The highest BCUT2D eigenvalue weighted by molar-refractivity contribution is 5.53. The first-order chi connectivity index (χ1) is 7.65. The van der Waals surface area contributed by atoms with Crippen LogP contribution in [-0.2, 0) is 12.8 Å². The van der Waals surface area contributed by atoms with Crippen LogP contribution in [0.2, 0.25) is 0 Å². The van der Waals surface area contributed by atoms with E-state index in [4.69, 9.17) is 5.26 Å². The monoisotopic (exact) mass is 216 g/mol. The summed E-state index contributed by atoms with van der Waals surface area (Å²) in [6.45, 7) is 3.97. The van der Waals surface area contributed by atoms with E-state index >= 15 is 0 Å². The zero-order valence-electron chi connectivity index (χ0n) is 9.75. The van der Waals surface area contributed by atoms with E-state index in [2.05, 4.69) is 11.1 Å². The van der Waals surface area contributed by atoms with Crippen LogP contribution in [0, 0.1) is 11.3 Å². The van der Waals surface area contributed by atoms with E-state index in [-0.39, 0.29) is 11.7 Å². The summed E-state index contributed by atoms with van der Waals surface area (Å²) in [4.78, 5) is 4.52. The van der Waals surface area contributed by atoms with Crippen LogP contribution in [0.1, 0.15) is 55.1 Å². The molecule has 0 amide bonds. The van der Waals surface area contributed by atoms with Crippen molar-refractivity contribution in [3.8, 4) is 11.8 Å². The van der Waals surface area contributed by atoms with Crippen LogP contribution in [-0.4, -0.2) is 10.1 Å². The average Bonchev–Trinajstić information content (AvgIpc) is 2.28. The Kier molecular flexibility index (Phi) is 2.82. The lowest BCUT2D eigenvalue weighted by molar-refractivity contribution is 0.454. The summed E-state index contributed by atoms with van der Waals surface area (Å²) in [7, 11) is 0. The number of rotatable bonds is 1. The number of aromatic hydroxyl groups is 1. The van der Waals surface area contributed by atoms with Gasteiger partial charge in [0.2, 0.25) is 0 Å². The molecule has 0 spiro atoms. The second-order valence-electron chi connectivity index (χ2n) is 4.62. The predicted molar refractivity (Wildman–Crippen MR) is 61.3 cm³/mol. The van der Waals surface area contributed by atoms with Crippen LogP contribution in [0.3, 0.4) is 0 Å². The minimum Gasteiger partial charge on any atom is -0.505 e. The fourth-order valence-corrected chi connectivity index (χ4v) is 2.27. The summed E-state index contributed by atoms with van der Waals surface area (Å²) in [6, 6.07) is 2.13. The molecule has 0 bridgehead atoms. The number of pyridine rings is 1. The minimum absolute atomic E-state index is 0.0955. The molecule has 84 valence electrons. The molecule has 3 heteroatoms. The van der Waals surface area contributed by atoms with Gasteiger partial charge in [0.15, 0.2) is 5.75 Å². The lowest BCUT2D eigenvalue weighted by Gasteiger charge is -2.19. The van der Waals surface area contributed by atoms with Gasteiger partial charge in [0.25, 0.3) is 0 Å². The summed E-state index contributed by atoms with van der Waals surface area (Å²) in [5, 5.41) is 19.2. The molecule has 0 aliphatic heterocycles. The van der Waals surface area contributed by atoms with Crippen molar-refractivity contribution in [3.05, 3.63) is 22.5 Å². The van der Waals surface area contributed by atoms with Gasteiger partial charge in [-0.3, -0.25) is 4.98 Å². The number of aromatic nitrogens is 1. The topological polar surface area (TPSA) is 56.9 Å². The zero-order valence-corrected chi connectivity index (χ0v) is 9.75. The van der Waals surface area contributed by atoms with Crippen LogP contribution in [0.5, 0.6) is 5.75 Å². The van der Waals surface area contributed by atoms with E-state index in [0.717, 1.165) is 36.9 Å². The number of hydrogen-bond acceptors (Lipinski definition) is 3. The van der Waals surface area contributed by atoms with Gasteiger partial charge < -0.3 is 5.11 Å². The highest BCUT2D eigenvalue weighted by Gasteiger charge is 2.22. The van der Waals surface area contributed by atoms with Crippen molar-refractivity contribution in [3.63, 3.8) is 0 Å². The molecule has 2 rings (SSSR count). The molecular formula is C13H16N2O. The van der Waals surface area contributed by atoms with E-state index in [1.54, 1.807) is 0 Å². The van der Waals surface area contributed by atoms with Gasteiger partial charge in [-0.05, 0) is 37.2 Å². The fraction of sp³-hybridized carbons (Fsp3) is 0.538. The molecule has 0 aromatic carbocycles. The fourth-order valence-electron chi connectivity index (χ4n) is 2.27. The zero-order chi connectivity index (χ0) is 11.7. The molecule has 0 saturated heterocycles. The summed E-state index contributed by atoms with van der Waals surface area (Å²) < 4.78 is 0. The van der Waals surface area contributed by atoms with Gasteiger partial charge >= 0.3 is 0 Å². The average molecular weight is 216 g/mol. The Balaban J connectivity index is 2.66. The van der Waals surface area contributed by atoms with E-state index in [9.17, 15) is 5.11 Å². The smallest absolute Gasteiger partial charge is 0.155 e. The summed E-state index contributed by atoms with van der Waals surface area (Å²) in [5.74, 6) is 0.248. The molecule has 16 heavy (non-hydrogen) atoms. The number of hydrogen-bond donors (Lipinski definition) is 1. The minimum atomic E-state index is 0.0955. The largest absolute Gasteiger partial charge is 0.505 e. The predicted octanol–water partition coefficient (Wildman–Crippen LogP) is 2.66. The molecule has 0 radical (unpaired) electrons. The lowest BCUT2D eigenvalue weighted by atomic mass is 9.90. The van der Waals surface area contributed by atoms with Gasteiger partial charge in [0, 0.05) is 5.69 Å². The molecule has 3 nitrogen and oxygen atoms in total. The van der Waals surface area contributed by atoms with E-state index < -0.39 is 0 Å². The van der Waals surface area contributed by atoms with Gasteiger partial charge in [0.1, 0.15) is 11.6 Å². The highest BCUT2D eigenvalue weighted by Crippen LogP contribution is 2.34. The normalized spacial score (nSPS) is 14.6. The third-order valence-electron chi connectivity index (χ3n) is 3.13. The molecule has 0 unspecified atom stereocenters. The van der Waals surface area contributed by atoms with Crippen molar-refractivity contribution >= 4 is 0 Å². The molecule has 1 aromatic heterocycles. The molecule has 0 atom stereocenters. The molecule has 1 aliphatic rings. The third kappa shape index (κ3) is 1.65. The summed E-state index contributed by atoms with van der Waals surface area (Å²) in [5.41, 5.74) is 3.10. The first kappa shape index (κ1) is 10.9. The summed E-state index contributed by atoms with van der Waals surface area (Å²) in [6.07, 6.45) is 4.03. The lowest BCUT2D eigenvalue weighted by Crippen LogP contribution is -2.11. The number of nitrogens with zero attached hydrogens (tertiary/aromatic N) is 2. The quantitative estimate of drug-likeness (QED) is 0.785. The molecular weight excluding hydrogens is 200 g/mol. The second kappa shape index (κ2) is 4.13. The molecule has 0 saturated carbocycles. The van der Waals surface area contributed by atoms with Crippen molar-refractivity contribution in [1.29, 1.82) is 5.26 Å². The maximum absolute atomic E-state index is 10.0. The van der Waals surface area contributed by atoms with Gasteiger partial charge in [-0.15, -0.1) is 0 Å². The Morgan fingerprint density at radius 3 is 2.62 bits per heavy atom. The van der Waals surface area contributed by atoms with Crippen LogP contribution >= 0.6 is 0 Å². The summed E-state index contributed by atoms with van der Waals surface area (Å²) >= 11 is 0. The third-order valence-corrected chi connectivity index (χ3v) is 3.13. The van der Waals surface area contributed by atoms with E-state index in [1.165, 1.54) is 0 Å². The maximum atomic E-state index is 10.0. The van der Waals surface area contributed by atoms with Crippen LogP contribution in [0.25, 0.3) is 0 Å². The number of aryl methyl sites for hydroxylation is 1. The van der Waals surface area contributed by atoms with Crippen LogP contribution in [0.15, 0.2) is 0 Å². The van der Waals surface area contributed by atoms with Crippen molar-refractivity contribution in [2.75, 3.05) is 0 Å². The van der Waals surface area contributed by atoms with Crippen molar-refractivity contribution < 1.29 is 5.11 Å². The maximum Gasteiger partial charge on any atom is 0.155 e. The molecule has 0 fully saturated rings. The standard InChI is InChI=1S/C13H16N2O/c1-8(2)12-13(16)10(7-14)9-5-3-4-6-11(9)15-12/h8,16H,3-6H2,1-2H3. The number of fused-ring (bicyclic) bond motifs is 1. The first-order valence-electron chi connectivity index (χ1n) is 5.79. The molecule has 1 heterocycles. The van der Waals surface area contributed by atoms with Crippen molar-refractivity contribution in [2.45, 2.75) is 45.4 Å². The van der Waals surface area contributed by atoms with Crippen molar-refractivity contribution in [2.24, 2.45) is 0 Å². The molecule has 1 aromatic rings. The Bertz CT molecular complexity index is 458. The Labute approximate surface area is 95.8 Å². The van der Waals surface area contributed by atoms with Gasteiger partial charge in [-0.25, -0.2) is 0 Å². The number of nitriles is 1.